The normalized spacial score (nSPS) is 24.6. The first-order valence-electron chi connectivity index (χ1n) is 12.2. The molecule has 2 aromatic carbocycles. The highest BCUT2D eigenvalue weighted by atomic mass is 16.2. The first-order chi connectivity index (χ1) is 17.0. The summed E-state index contributed by atoms with van der Waals surface area (Å²) in [5.41, 5.74) is 3.28. The van der Waals surface area contributed by atoms with Gasteiger partial charge in [0.2, 0.25) is 23.6 Å². The van der Waals surface area contributed by atoms with E-state index in [1.165, 1.54) is 5.56 Å². The van der Waals surface area contributed by atoms with Crippen LogP contribution in [0.3, 0.4) is 0 Å². The van der Waals surface area contributed by atoms with E-state index in [2.05, 4.69) is 33.0 Å². The zero-order valence-corrected chi connectivity index (χ0v) is 19.5. The number of rotatable bonds is 6. The molecule has 3 N–H and O–H groups in total. The maximum Gasteiger partial charge on any atom is 0.227 e. The molecule has 0 spiro atoms. The van der Waals surface area contributed by atoms with E-state index < -0.39 is 23.8 Å². The Morgan fingerprint density at radius 2 is 1.54 bits per heavy atom. The Balaban J connectivity index is 1.23. The van der Waals surface area contributed by atoms with Crippen molar-refractivity contribution >= 4 is 23.6 Å². The van der Waals surface area contributed by atoms with Crippen molar-refractivity contribution < 1.29 is 19.2 Å². The number of nitrogens with one attached hydrogen (secondary N) is 3. The van der Waals surface area contributed by atoms with E-state index in [0.717, 1.165) is 30.6 Å². The zero-order chi connectivity index (χ0) is 24.4. The highest BCUT2D eigenvalue weighted by molar-refractivity contribution is 6.02. The van der Waals surface area contributed by atoms with Crippen molar-refractivity contribution in [2.45, 2.75) is 44.3 Å². The average molecular weight is 475 g/mol. The number of amides is 4. The van der Waals surface area contributed by atoms with E-state index in [1.807, 2.05) is 42.5 Å². The molecular weight excluding hydrogens is 444 g/mol. The minimum Gasteiger partial charge on any atom is -0.350 e. The Kier molecular flexibility index (Phi) is 6.63. The Morgan fingerprint density at radius 1 is 0.857 bits per heavy atom. The van der Waals surface area contributed by atoms with Crippen LogP contribution in [-0.2, 0) is 32.1 Å². The number of imide groups is 1. The molecule has 3 atom stereocenters. The Morgan fingerprint density at radius 3 is 2.31 bits per heavy atom. The van der Waals surface area contributed by atoms with Crippen LogP contribution in [0.25, 0.3) is 0 Å². The number of nitrogens with zero attached hydrogens (tertiary/aromatic N) is 1. The van der Waals surface area contributed by atoms with Crippen LogP contribution in [0.1, 0.15) is 42.0 Å². The molecule has 4 amide bonds. The lowest BCUT2D eigenvalue weighted by Crippen LogP contribution is -2.49. The second-order valence-electron chi connectivity index (χ2n) is 9.79. The summed E-state index contributed by atoms with van der Waals surface area (Å²) >= 11 is 0. The van der Waals surface area contributed by atoms with E-state index >= 15 is 0 Å². The average Bonchev–Trinajstić information content (AvgIpc) is 3.44. The molecule has 8 heteroatoms. The fourth-order valence-corrected chi connectivity index (χ4v) is 5.47. The fraction of sp³-hybridized carbons (Fsp3) is 0.407. The molecule has 1 unspecified atom stereocenters. The monoisotopic (exact) mass is 474 g/mol. The van der Waals surface area contributed by atoms with Crippen molar-refractivity contribution in [3.8, 4) is 0 Å². The number of fused-ring (bicyclic) bond motifs is 1. The second kappa shape index (κ2) is 10.00. The van der Waals surface area contributed by atoms with Crippen LogP contribution in [0.5, 0.6) is 0 Å². The predicted molar refractivity (Wildman–Crippen MR) is 129 cm³/mol. The zero-order valence-electron chi connectivity index (χ0n) is 19.5. The van der Waals surface area contributed by atoms with E-state index in [-0.39, 0.29) is 36.6 Å². The Hall–Kier alpha value is -3.52. The van der Waals surface area contributed by atoms with Gasteiger partial charge in [-0.05, 0) is 36.1 Å². The summed E-state index contributed by atoms with van der Waals surface area (Å²) in [5.74, 6) is -1.98. The molecule has 2 saturated heterocycles. The van der Waals surface area contributed by atoms with Gasteiger partial charge < -0.3 is 10.6 Å². The van der Waals surface area contributed by atoms with Crippen molar-refractivity contribution in [3.05, 3.63) is 71.3 Å². The third-order valence-electron chi connectivity index (χ3n) is 7.26. The smallest absolute Gasteiger partial charge is 0.227 e. The maximum absolute atomic E-state index is 13.2. The van der Waals surface area contributed by atoms with Crippen molar-refractivity contribution in [1.82, 2.24) is 20.9 Å². The maximum atomic E-state index is 13.2. The van der Waals surface area contributed by atoms with Gasteiger partial charge in [0.05, 0.1) is 23.9 Å². The third-order valence-corrected chi connectivity index (χ3v) is 7.26. The van der Waals surface area contributed by atoms with Crippen LogP contribution in [0.15, 0.2) is 54.6 Å². The molecule has 2 aromatic rings. The Bertz CT molecular complexity index is 1120. The molecular formula is C27H30N4O4. The van der Waals surface area contributed by atoms with Crippen molar-refractivity contribution in [1.29, 1.82) is 0 Å². The highest BCUT2D eigenvalue weighted by Crippen LogP contribution is 2.33. The second-order valence-corrected chi connectivity index (χ2v) is 9.79. The number of hydrogen-bond donors (Lipinski definition) is 3. The van der Waals surface area contributed by atoms with Gasteiger partial charge in [-0.2, -0.15) is 0 Å². The van der Waals surface area contributed by atoms with Gasteiger partial charge in [-0.25, -0.2) is 0 Å². The van der Waals surface area contributed by atoms with Crippen LogP contribution in [0, 0.1) is 11.8 Å². The topological polar surface area (TPSA) is 108 Å². The molecule has 0 radical (unpaired) electrons. The van der Waals surface area contributed by atoms with Gasteiger partial charge in [0.15, 0.2) is 0 Å². The van der Waals surface area contributed by atoms with Crippen LogP contribution < -0.4 is 16.0 Å². The summed E-state index contributed by atoms with van der Waals surface area (Å²) in [4.78, 5) is 52.0. The molecule has 182 valence electrons. The van der Waals surface area contributed by atoms with Gasteiger partial charge in [0.25, 0.3) is 0 Å². The predicted octanol–water partition coefficient (Wildman–Crippen LogP) is 1.46. The highest BCUT2D eigenvalue weighted by Gasteiger charge is 2.39. The van der Waals surface area contributed by atoms with Crippen LogP contribution in [0.2, 0.25) is 0 Å². The summed E-state index contributed by atoms with van der Waals surface area (Å²) in [5, 5.41) is 8.48. The van der Waals surface area contributed by atoms with Gasteiger partial charge in [0.1, 0.15) is 0 Å². The SMILES string of the molecule is O=C1CC(C(=O)N[C@@H]2c3ccccc3C[C@H]2NC(=O)C2CCN(Cc3ccccc3)C2)CC(=O)N1. The molecule has 1 aliphatic carbocycles. The third kappa shape index (κ3) is 5.27. The minimum atomic E-state index is -0.693. The first kappa shape index (κ1) is 23.2. The number of hydrogen-bond acceptors (Lipinski definition) is 5. The molecule has 0 bridgehead atoms. The fourth-order valence-electron chi connectivity index (χ4n) is 5.47. The molecule has 2 aliphatic heterocycles. The number of piperidine rings is 1. The van der Waals surface area contributed by atoms with E-state index in [1.54, 1.807) is 0 Å². The summed E-state index contributed by atoms with van der Waals surface area (Å²) in [6.07, 6.45) is 1.40. The van der Waals surface area contributed by atoms with E-state index in [0.29, 0.717) is 13.0 Å². The van der Waals surface area contributed by atoms with Gasteiger partial charge in [-0.1, -0.05) is 54.6 Å². The Labute approximate surface area is 204 Å². The van der Waals surface area contributed by atoms with Gasteiger partial charge >= 0.3 is 0 Å². The summed E-state index contributed by atoms with van der Waals surface area (Å²) < 4.78 is 0. The van der Waals surface area contributed by atoms with Gasteiger partial charge in [-0.15, -0.1) is 0 Å². The van der Waals surface area contributed by atoms with E-state index in [4.69, 9.17) is 0 Å². The standard InChI is InChI=1S/C27H30N4O4/c32-23-13-20(14-24(33)29-23)27(35)30-25-21-9-5-4-8-18(21)12-22(25)28-26(34)19-10-11-31(16-19)15-17-6-2-1-3-7-17/h1-9,19-20,22,25H,10-16H2,(H,28,34)(H,30,35)(H,29,32,33)/t19?,22-,25-/m1/s1. The molecule has 5 rings (SSSR count). The first-order valence-corrected chi connectivity index (χ1v) is 12.2. The molecule has 3 aliphatic rings. The molecule has 2 heterocycles. The van der Waals surface area contributed by atoms with Crippen LogP contribution in [-0.4, -0.2) is 47.7 Å². The number of likely N-dealkylation sites (tertiary alicyclic amines) is 1. The van der Waals surface area contributed by atoms with Gasteiger partial charge in [-0.3, -0.25) is 29.4 Å². The van der Waals surface area contributed by atoms with E-state index in [9.17, 15) is 19.2 Å². The lowest BCUT2D eigenvalue weighted by atomic mass is 9.95. The van der Waals surface area contributed by atoms with Crippen molar-refractivity contribution in [2.24, 2.45) is 11.8 Å². The molecule has 8 nitrogen and oxygen atoms in total. The molecule has 0 aromatic heterocycles. The number of carbonyl (C=O) groups excluding carboxylic acids is 4. The minimum absolute atomic E-state index is 0.00448. The van der Waals surface area contributed by atoms with Crippen molar-refractivity contribution in [3.63, 3.8) is 0 Å². The summed E-state index contributed by atoms with van der Waals surface area (Å²) in [7, 11) is 0. The summed E-state index contributed by atoms with van der Waals surface area (Å²) in [6.45, 7) is 2.40. The number of carbonyl (C=O) groups is 4. The quantitative estimate of drug-likeness (QED) is 0.550. The summed E-state index contributed by atoms with van der Waals surface area (Å²) in [6, 6.07) is 17.4. The lowest BCUT2D eigenvalue weighted by Gasteiger charge is -2.27. The van der Waals surface area contributed by atoms with Crippen LogP contribution in [0.4, 0.5) is 0 Å². The molecule has 2 fully saturated rings. The largest absolute Gasteiger partial charge is 0.350 e. The van der Waals surface area contributed by atoms with Crippen LogP contribution >= 0.6 is 0 Å². The van der Waals surface area contributed by atoms with Gasteiger partial charge in [0, 0.05) is 25.9 Å². The lowest BCUT2D eigenvalue weighted by molar-refractivity contribution is -0.140. The van der Waals surface area contributed by atoms with Crippen molar-refractivity contribution in [2.75, 3.05) is 13.1 Å². The number of benzene rings is 2. The molecule has 0 saturated carbocycles. The molecule has 35 heavy (non-hydrogen) atoms.